The van der Waals surface area contributed by atoms with Crippen LogP contribution in [0.1, 0.15) is 6.92 Å². The van der Waals surface area contributed by atoms with Gasteiger partial charge >= 0.3 is 0 Å². The summed E-state index contributed by atoms with van der Waals surface area (Å²) < 4.78 is 5.02. The molecule has 0 aliphatic rings. The first-order valence-electron chi connectivity index (χ1n) is 4.30. The van der Waals surface area contributed by atoms with Crippen molar-refractivity contribution < 1.29 is 4.74 Å². The maximum absolute atomic E-state index is 5.02. The molecule has 0 saturated heterocycles. The molecule has 1 aromatic rings. The summed E-state index contributed by atoms with van der Waals surface area (Å²) >= 11 is 0. The van der Waals surface area contributed by atoms with Gasteiger partial charge in [-0.2, -0.15) is 0 Å². The van der Waals surface area contributed by atoms with Gasteiger partial charge in [-0.15, -0.1) is 0 Å². The molecule has 0 aliphatic heterocycles. The topological polar surface area (TPSA) is 47.0 Å². The molecule has 0 aromatic carbocycles. The van der Waals surface area contributed by atoms with Gasteiger partial charge in [-0.3, -0.25) is 0 Å². The van der Waals surface area contributed by atoms with Crippen molar-refractivity contribution in [2.24, 2.45) is 5.92 Å². The van der Waals surface area contributed by atoms with Crippen molar-refractivity contribution in [3.8, 4) is 0 Å². The monoisotopic (exact) mass is 181 g/mol. The number of rotatable bonds is 5. The minimum atomic E-state index is 0.491. The van der Waals surface area contributed by atoms with Crippen LogP contribution in [0.4, 0.5) is 5.69 Å². The summed E-state index contributed by atoms with van der Waals surface area (Å²) in [4.78, 5) is 7.81. The number of nitrogens with one attached hydrogen (secondary N) is 1. The molecular formula is C9H15N3O. The molecule has 0 saturated carbocycles. The second kappa shape index (κ2) is 5.48. The maximum atomic E-state index is 5.02. The largest absolute Gasteiger partial charge is 0.384 e. The molecular weight excluding hydrogens is 166 g/mol. The van der Waals surface area contributed by atoms with Gasteiger partial charge in [0.2, 0.25) is 0 Å². The Hall–Kier alpha value is -1.16. The standard InChI is InChI=1S/C9H15N3O/c1-8(6-13-2)3-12-9-4-10-7-11-5-9/h4-5,7-8,12H,3,6H2,1-2H3. The molecule has 13 heavy (non-hydrogen) atoms. The van der Waals surface area contributed by atoms with Crippen molar-refractivity contribution in [1.82, 2.24) is 9.97 Å². The van der Waals surface area contributed by atoms with E-state index in [9.17, 15) is 0 Å². The fraction of sp³-hybridized carbons (Fsp3) is 0.556. The molecule has 1 unspecified atom stereocenters. The van der Waals surface area contributed by atoms with Crippen LogP contribution in [-0.4, -0.2) is 30.2 Å². The maximum Gasteiger partial charge on any atom is 0.115 e. The van der Waals surface area contributed by atoms with Crippen LogP contribution in [0.25, 0.3) is 0 Å². The number of hydrogen-bond donors (Lipinski definition) is 1. The Labute approximate surface area is 78.4 Å². The average Bonchev–Trinajstić information content (AvgIpc) is 2.17. The third kappa shape index (κ3) is 3.85. The van der Waals surface area contributed by atoms with Gasteiger partial charge < -0.3 is 10.1 Å². The Morgan fingerprint density at radius 3 is 2.77 bits per heavy atom. The van der Waals surface area contributed by atoms with Gasteiger partial charge in [-0.25, -0.2) is 9.97 Å². The number of methoxy groups -OCH3 is 1. The highest BCUT2D eigenvalue weighted by Crippen LogP contribution is 2.02. The van der Waals surface area contributed by atoms with Crippen molar-refractivity contribution >= 4 is 5.69 Å². The quantitative estimate of drug-likeness (QED) is 0.740. The molecule has 72 valence electrons. The molecule has 4 nitrogen and oxygen atoms in total. The van der Waals surface area contributed by atoms with E-state index in [1.807, 2.05) is 0 Å². The number of anilines is 1. The first-order valence-corrected chi connectivity index (χ1v) is 4.30. The third-order valence-corrected chi connectivity index (χ3v) is 1.67. The molecule has 1 atom stereocenters. The van der Waals surface area contributed by atoms with Crippen LogP contribution in [0.2, 0.25) is 0 Å². The van der Waals surface area contributed by atoms with Gasteiger partial charge in [0.25, 0.3) is 0 Å². The molecule has 4 heteroatoms. The zero-order chi connectivity index (χ0) is 9.52. The van der Waals surface area contributed by atoms with E-state index in [0.717, 1.165) is 18.8 Å². The number of aromatic nitrogens is 2. The molecule has 0 fully saturated rings. The van der Waals surface area contributed by atoms with E-state index < -0.39 is 0 Å². The van der Waals surface area contributed by atoms with Gasteiger partial charge in [0.15, 0.2) is 0 Å². The van der Waals surface area contributed by atoms with Crippen LogP contribution in [0.5, 0.6) is 0 Å². The van der Waals surface area contributed by atoms with Crippen LogP contribution in [0.15, 0.2) is 18.7 Å². The van der Waals surface area contributed by atoms with Crippen molar-refractivity contribution in [3.63, 3.8) is 0 Å². The first-order chi connectivity index (χ1) is 6.33. The molecule has 0 spiro atoms. The minimum Gasteiger partial charge on any atom is -0.384 e. The summed E-state index contributed by atoms with van der Waals surface area (Å²) in [5.41, 5.74) is 0.949. The Morgan fingerprint density at radius 2 is 2.15 bits per heavy atom. The van der Waals surface area contributed by atoms with Crippen molar-refractivity contribution in [2.45, 2.75) is 6.92 Å². The van der Waals surface area contributed by atoms with Gasteiger partial charge in [-0.1, -0.05) is 6.92 Å². The minimum absolute atomic E-state index is 0.491. The second-order valence-electron chi connectivity index (χ2n) is 3.07. The van der Waals surface area contributed by atoms with E-state index in [2.05, 4.69) is 22.2 Å². The van der Waals surface area contributed by atoms with Gasteiger partial charge in [-0.05, 0) is 5.92 Å². The Balaban J connectivity index is 2.27. The average molecular weight is 181 g/mol. The van der Waals surface area contributed by atoms with Crippen LogP contribution in [-0.2, 0) is 4.74 Å². The fourth-order valence-electron chi connectivity index (χ4n) is 1.03. The lowest BCUT2D eigenvalue weighted by molar-refractivity contribution is 0.164. The van der Waals surface area contributed by atoms with Crippen molar-refractivity contribution in [1.29, 1.82) is 0 Å². The van der Waals surface area contributed by atoms with Gasteiger partial charge in [0.05, 0.1) is 24.7 Å². The Kier molecular flexibility index (Phi) is 4.18. The van der Waals surface area contributed by atoms with Crippen LogP contribution >= 0.6 is 0 Å². The summed E-state index contributed by atoms with van der Waals surface area (Å²) in [7, 11) is 1.71. The lowest BCUT2D eigenvalue weighted by atomic mass is 10.2. The van der Waals surface area contributed by atoms with Crippen LogP contribution < -0.4 is 5.32 Å². The zero-order valence-electron chi connectivity index (χ0n) is 8.03. The summed E-state index contributed by atoms with van der Waals surface area (Å²) in [5, 5.41) is 3.22. The summed E-state index contributed by atoms with van der Waals surface area (Å²) in [6, 6.07) is 0. The van der Waals surface area contributed by atoms with Crippen LogP contribution in [0, 0.1) is 5.92 Å². The number of hydrogen-bond acceptors (Lipinski definition) is 4. The molecule has 0 aliphatic carbocycles. The predicted molar refractivity (Wildman–Crippen MR) is 51.6 cm³/mol. The molecule has 1 N–H and O–H groups in total. The summed E-state index contributed by atoms with van der Waals surface area (Å²) in [6.07, 6.45) is 5.03. The molecule has 1 aromatic heterocycles. The highest BCUT2D eigenvalue weighted by molar-refractivity contribution is 5.36. The molecule has 1 heterocycles. The summed E-state index contributed by atoms with van der Waals surface area (Å²) in [6.45, 7) is 3.77. The second-order valence-corrected chi connectivity index (χ2v) is 3.07. The zero-order valence-corrected chi connectivity index (χ0v) is 8.03. The van der Waals surface area contributed by atoms with E-state index in [4.69, 9.17) is 4.74 Å². The van der Waals surface area contributed by atoms with Gasteiger partial charge in [0.1, 0.15) is 6.33 Å². The number of ether oxygens (including phenoxy) is 1. The number of nitrogens with zero attached hydrogens (tertiary/aromatic N) is 2. The Bertz CT molecular complexity index is 228. The highest BCUT2D eigenvalue weighted by atomic mass is 16.5. The van der Waals surface area contributed by atoms with E-state index >= 15 is 0 Å². The highest BCUT2D eigenvalue weighted by Gasteiger charge is 2.00. The van der Waals surface area contributed by atoms with Gasteiger partial charge in [0, 0.05) is 13.7 Å². The Morgan fingerprint density at radius 1 is 1.46 bits per heavy atom. The van der Waals surface area contributed by atoms with Crippen LogP contribution in [0.3, 0.4) is 0 Å². The smallest absolute Gasteiger partial charge is 0.115 e. The first kappa shape index (κ1) is 9.92. The van der Waals surface area contributed by atoms with E-state index in [1.54, 1.807) is 19.5 Å². The van der Waals surface area contributed by atoms with Crippen molar-refractivity contribution in [3.05, 3.63) is 18.7 Å². The molecule has 0 amide bonds. The predicted octanol–water partition coefficient (Wildman–Crippen LogP) is 1.17. The molecule has 0 radical (unpaired) electrons. The van der Waals surface area contributed by atoms with Crippen molar-refractivity contribution in [2.75, 3.05) is 25.6 Å². The van der Waals surface area contributed by atoms with E-state index in [-0.39, 0.29) is 0 Å². The van der Waals surface area contributed by atoms with E-state index in [0.29, 0.717) is 5.92 Å². The molecule has 0 bridgehead atoms. The third-order valence-electron chi connectivity index (χ3n) is 1.67. The molecule has 1 rings (SSSR count). The summed E-state index contributed by atoms with van der Waals surface area (Å²) in [5.74, 6) is 0.491. The fourth-order valence-corrected chi connectivity index (χ4v) is 1.03. The SMILES string of the molecule is COCC(C)CNc1cncnc1. The lowest BCUT2D eigenvalue weighted by Crippen LogP contribution is -2.15. The lowest BCUT2D eigenvalue weighted by Gasteiger charge is -2.11. The van der Waals surface area contributed by atoms with E-state index in [1.165, 1.54) is 6.33 Å². The normalized spacial score (nSPS) is 12.5.